The van der Waals surface area contributed by atoms with Crippen LogP contribution in [0, 0.1) is 12.8 Å². The van der Waals surface area contributed by atoms with Gasteiger partial charge >= 0.3 is 5.97 Å². The molecule has 0 radical (unpaired) electrons. The van der Waals surface area contributed by atoms with Gasteiger partial charge in [0.05, 0.1) is 6.42 Å². The van der Waals surface area contributed by atoms with E-state index in [0.29, 0.717) is 5.92 Å². The summed E-state index contributed by atoms with van der Waals surface area (Å²) in [6.45, 7) is 3.78. The Morgan fingerprint density at radius 3 is 2.89 bits per heavy atom. The van der Waals surface area contributed by atoms with Crippen LogP contribution in [0.5, 0.6) is 0 Å². The van der Waals surface area contributed by atoms with E-state index < -0.39 is 5.97 Å². The van der Waals surface area contributed by atoms with Gasteiger partial charge in [-0.3, -0.25) is 9.59 Å². The van der Waals surface area contributed by atoms with Crippen molar-refractivity contribution in [2.24, 2.45) is 5.92 Å². The van der Waals surface area contributed by atoms with E-state index in [9.17, 15) is 9.59 Å². The summed E-state index contributed by atoms with van der Waals surface area (Å²) in [7, 11) is 0. The first kappa shape index (κ1) is 13.1. The van der Waals surface area contributed by atoms with Crippen molar-refractivity contribution >= 4 is 23.2 Å². The number of carbonyl (C=O) groups is 2. The second kappa shape index (κ2) is 5.10. The molecule has 0 bridgehead atoms. The molecule has 1 amide bonds. The van der Waals surface area contributed by atoms with Crippen molar-refractivity contribution in [3.05, 3.63) is 21.9 Å². The van der Waals surface area contributed by atoms with Crippen LogP contribution in [0.1, 0.15) is 36.1 Å². The molecule has 1 aliphatic carbocycles. The van der Waals surface area contributed by atoms with Gasteiger partial charge in [-0.2, -0.15) is 0 Å². The molecule has 0 spiro atoms. The van der Waals surface area contributed by atoms with Crippen molar-refractivity contribution < 1.29 is 14.7 Å². The van der Waals surface area contributed by atoms with Crippen LogP contribution in [0.2, 0.25) is 0 Å². The molecule has 1 fully saturated rings. The Bertz CT molecular complexity index is 469. The fourth-order valence-corrected chi connectivity index (χ4v) is 3.31. The maximum absolute atomic E-state index is 11.9. The molecular formula is C13H17NO3S. The number of hydrogen-bond acceptors (Lipinski definition) is 3. The Kier molecular flexibility index (Phi) is 3.71. The molecule has 2 N–H and O–H groups in total. The summed E-state index contributed by atoms with van der Waals surface area (Å²) in [6.07, 6.45) is 0.855. The molecule has 0 aromatic carbocycles. The first-order valence-electron chi connectivity index (χ1n) is 6.05. The average molecular weight is 267 g/mol. The van der Waals surface area contributed by atoms with Gasteiger partial charge in [0.1, 0.15) is 0 Å². The summed E-state index contributed by atoms with van der Waals surface area (Å²) in [5.74, 6) is -0.536. The minimum atomic E-state index is -0.885. The van der Waals surface area contributed by atoms with Gasteiger partial charge < -0.3 is 10.4 Å². The molecule has 0 unspecified atom stereocenters. The topological polar surface area (TPSA) is 66.4 Å². The highest BCUT2D eigenvalue weighted by molar-refractivity contribution is 7.10. The van der Waals surface area contributed by atoms with E-state index in [-0.39, 0.29) is 24.3 Å². The van der Waals surface area contributed by atoms with Crippen LogP contribution in [0.4, 0.5) is 0 Å². The third-order valence-electron chi connectivity index (χ3n) is 3.24. The molecule has 18 heavy (non-hydrogen) atoms. The van der Waals surface area contributed by atoms with Gasteiger partial charge in [-0.25, -0.2) is 0 Å². The second-order valence-corrected chi connectivity index (χ2v) is 5.87. The van der Waals surface area contributed by atoms with Crippen molar-refractivity contribution in [2.75, 3.05) is 0 Å². The Labute approximate surface area is 110 Å². The van der Waals surface area contributed by atoms with Crippen LogP contribution < -0.4 is 5.32 Å². The van der Waals surface area contributed by atoms with E-state index in [1.165, 1.54) is 10.4 Å². The molecular weight excluding hydrogens is 250 g/mol. The minimum Gasteiger partial charge on any atom is -0.481 e. The molecule has 0 saturated heterocycles. The molecule has 5 heteroatoms. The van der Waals surface area contributed by atoms with Gasteiger partial charge in [-0.05, 0) is 37.3 Å². The quantitative estimate of drug-likeness (QED) is 0.859. The van der Waals surface area contributed by atoms with Crippen LogP contribution in [-0.2, 0) is 9.59 Å². The van der Waals surface area contributed by atoms with Crippen molar-refractivity contribution in [1.29, 1.82) is 0 Å². The van der Waals surface area contributed by atoms with Gasteiger partial charge in [0.15, 0.2) is 0 Å². The standard InChI is InChI=1S/C13H17NO3S/c1-7-3-4-18-12(7)9-6-10(9)13(17)14-8(2)5-11(15)16/h3-4,8-10H,5-6H2,1-2H3,(H,14,17)(H,15,16)/t8-,9+,10-/m0/s1. The van der Waals surface area contributed by atoms with Crippen molar-refractivity contribution in [1.82, 2.24) is 5.32 Å². The fraction of sp³-hybridized carbons (Fsp3) is 0.538. The SMILES string of the molecule is Cc1ccsc1[C@@H]1C[C@@H]1C(=O)N[C@@H](C)CC(=O)O. The maximum atomic E-state index is 11.9. The highest BCUT2D eigenvalue weighted by Crippen LogP contribution is 2.50. The summed E-state index contributed by atoms with van der Waals surface area (Å²) in [5, 5.41) is 13.5. The Morgan fingerprint density at radius 2 is 2.33 bits per heavy atom. The number of aryl methyl sites for hydroxylation is 1. The second-order valence-electron chi connectivity index (χ2n) is 4.92. The van der Waals surface area contributed by atoms with Crippen LogP contribution in [0.3, 0.4) is 0 Å². The number of carboxylic acid groups (broad SMARTS) is 1. The number of rotatable bonds is 5. The Hall–Kier alpha value is -1.36. The summed E-state index contributed by atoms with van der Waals surface area (Å²) in [5.41, 5.74) is 1.25. The van der Waals surface area contributed by atoms with Crippen molar-refractivity contribution in [3.63, 3.8) is 0 Å². The number of thiophene rings is 1. The molecule has 1 aromatic heterocycles. The monoisotopic (exact) mass is 267 g/mol. The molecule has 4 nitrogen and oxygen atoms in total. The molecule has 1 saturated carbocycles. The minimum absolute atomic E-state index is 0.0125. The molecule has 3 atom stereocenters. The maximum Gasteiger partial charge on any atom is 0.305 e. The van der Waals surface area contributed by atoms with Crippen LogP contribution >= 0.6 is 11.3 Å². The molecule has 2 rings (SSSR count). The molecule has 1 heterocycles. The predicted molar refractivity (Wildman–Crippen MR) is 69.8 cm³/mol. The number of carbonyl (C=O) groups excluding carboxylic acids is 1. The van der Waals surface area contributed by atoms with Crippen LogP contribution in [-0.4, -0.2) is 23.0 Å². The molecule has 1 aliphatic rings. The van der Waals surface area contributed by atoms with Crippen molar-refractivity contribution in [2.45, 2.75) is 38.6 Å². The van der Waals surface area contributed by atoms with Gasteiger partial charge in [0.25, 0.3) is 0 Å². The third-order valence-corrected chi connectivity index (χ3v) is 4.39. The zero-order valence-electron chi connectivity index (χ0n) is 10.5. The van der Waals surface area contributed by atoms with Crippen LogP contribution in [0.25, 0.3) is 0 Å². The normalized spacial score (nSPS) is 23.4. The predicted octanol–water partition coefficient (Wildman–Crippen LogP) is 2.14. The first-order chi connectivity index (χ1) is 8.49. The van der Waals surface area contributed by atoms with E-state index in [1.54, 1.807) is 18.3 Å². The third kappa shape index (κ3) is 2.90. The van der Waals surface area contributed by atoms with E-state index in [2.05, 4.69) is 18.3 Å². The van der Waals surface area contributed by atoms with Gasteiger partial charge in [0.2, 0.25) is 5.91 Å². The molecule has 1 aromatic rings. The van der Waals surface area contributed by atoms with E-state index in [4.69, 9.17) is 5.11 Å². The number of amides is 1. The number of nitrogens with one attached hydrogen (secondary N) is 1. The lowest BCUT2D eigenvalue weighted by Gasteiger charge is -2.11. The van der Waals surface area contributed by atoms with Gasteiger partial charge in [-0.1, -0.05) is 0 Å². The lowest BCUT2D eigenvalue weighted by Crippen LogP contribution is -2.35. The highest BCUT2D eigenvalue weighted by Gasteiger charge is 2.45. The lowest BCUT2D eigenvalue weighted by atomic mass is 10.2. The summed E-state index contributed by atoms with van der Waals surface area (Å²) in [6, 6.07) is 1.76. The zero-order chi connectivity index (χ0) is 13.3. The smallest absolute Gasteiger partial charge is 0.305 e. The molecule has 0 aliphatic heterocycles. The van der Waals surface area contributed by atoms with Gasteiger partial charge in [0, 0.05) is 22.8 Å². The average Bonchev–Trinajstić information content (AvgIpc) is 2.93. The Balaban J connectivity index is 1.86. The van der Waals surface area contributed by atoms with Gasteiger partial charge in [-0.15, -0.1) is 11.3 Å². The number of hydrogen-bond donors (Lipinski definition) is 2. The largest absolute Gasteiger partial charge is 0.481 e. The highest BCUT2D eigenvalue weighted by atomic mass is 32.1. The summed E-state index contributed by atoms with van der Waals surface area (Å²) in [4.78, 5) is 23.7. The number of aliphatic carboxylic acids is 1. The Morgan fingerprint density at radius 1 is 1.61 bits per heavy atom. The zero-order valence-corrected chi connectivity index (χ0v) is 11.3. The fourth-order valence-electron chi connectivity index (χ4n) is 2.20. The summed E-state index contributed by atoms with van der Waals surface area (Å²) < 4.78 is 0. The van der Waals surface area contributed by atoms with E-state index in [0.717, 1.165) is 6.42 Å². The van der Waals surface area contributed by atoms with Crippen molar-refractivity contribution in [3.8, 4) is 0 Å². The first-order valence-corrected chi connectivity index (χ1v) is 6.93. The summed E-state index contributed by atoms with van der Waals surface area (Å²) >= 11 is 1.70. The van der Waals surface area contributed by atoms with Crippen LogP contribution in [0.15, 0.2) is 11.4 Å². The lowest BCUT2D eigenvalue weighted by molar-refractivity contribution is -0.137. The molecule has 98 valence electrons. The van der Waals surface area contributed by atoms with E-state index >= 15 is 0 Å². The van der Waals surface area contributed by atoms with E-state index in [1.807, 2.05) is 5.38 Å². The number of carboxylic acids is 1.